The van der Waals surface area contributed by atoms with Gasteiger partial charge in [-0.2, -0.15) is 0 Å². The molecule has 2 unspecified atom stereocenters. The van der Waals surface area contributed by atoms with Gasteiger partial charge in [-0.05, 0) is 62.2 Å². The van der Waals surface area contributed by atoms with Crippen molar-refractivity contribution < 1.29 is 39.6 Å². The fraction of sp³-hybridized carbons (Fsp3) is 0.833. The van der Waals surface area contributed by atoms with Gasteiger partial charge in [-0.25, -0.2) is 0 Å². The van der Waals surface area contributed by atoms with Gasteiger partial charge in [0.25, 0.3) is 0 Å². The van der Waals surface area contributed by atoms with E-state index in [4.69, 9.17) is 0 Å². The predicted octanol–water partition coefficient (Wildman–Crippen LogP) is -0.0716. The summed E-state index contributed by atoms with van der Waals surface area (Å²) in [7, 11) is 0. The average molecular weight is 509 g/mol. The molecule has 0 bridgehead atoms. The third kappa shape index (κ3) is 33.6. The van der Waals surface area contributed by atoms with Crippen LogP contribution in [0.2, 0.25) is 0 Å². The van der Waals surface area contributed by atoms with E-state index in [-0.39, 0.29) is 69.8 Å². The van der Waals surface area contributed by atoms with Gasteiger partial charge in [-0.15, -0.1) is 0 Å². The van der Waals surface area contributed by atoms with E-state index in [1.807, 2.05) is 41.5 Å². The van der Waals surface area contributed by atoms with Crippen LogP contribution in [0.25, 0.3) is 0 Å². The van der Waals surface area contributed by atoms with E-state index in [1.54, 1.807) is 13.8 Å². The molecule has 0 aromatic heterocycles. The molecule has 0 aliphatic heterocycles. The molecule has 0 heterocycles. The van der Waals surface area contributed by atoms with Crippen LogP contribution in [0.5, 0.6) is 0 Å². The van der Waals surface area contributed by atoms with Crippen molar-refractivity contribution in [2.75, 3.05) is 0 Å². The van der Waals surface area contributed by atoms with Crippen molar-refractivity contribution in [3.8, 4) is 0 Å². The zero-order valence-corrected chi connectivity index (χ0v) is 25.5. The zero-order chi connectivity index (χ0) is 26.3. The van der Waals surface area contributed by atoms with Crippen LogP contribution in [0.4, 0.5) is 0 Å². The van der Waals surface area contributed by atoms with Crippen molar-refractivity contribution in [1.29, 1.82) is 0 Å². The van der Waals surface area contributed by atoms with Gasteiger partial charge in [-0.1, -0.05) is 68.2 Å². The molecule has 0 saturated carbocycles. The first-order chi connectivity index (χ1) is 14.8. The van der Waals surface area contributed by atoms with Gasteiger partial charge in [0.15, 0.2) is 0 Å². The predicted molar refractivity (Wildman–Crippen MR) is 128 cm³/mol. The van der Waals surface area contributed by atoms with Crippen LogP contribution >= 0.6 is 0 Å². The molecular formula is C24H44Mg2O8. The van der Waals surface area contributed by atoms with Crippen molar-refractivity contribution in [3.05, 3.63) is 0 Å². The van der Waals surface area contributed by atoms with E-state index in [2.05, 4.69) is 0 Å². The number of hydrogen-bond donors (Lipinski definition) is 0. The van der Waals surface area contributed by atoms with Crippen LogP contribution < -0.4 is 20.4 Å². The third-order valence-electron chi connectivity index (χ3n) is 4.89. The van der Waals surface area contributed by atoms with Crippen molar-refractivity contribution >= 4 is 70.0 Å². The van der Waals surface area contributed by atoms with Crippen LogP contribution in [-0.2, 0) is 19.2 Å². The quantitative estimate of drug-likeness (QED) is 0.331. The second-order valence-electron chi connectivity index (χ2n) is 7.68. The summed E-state index contributed by atoms with van der Waals surface area (Å²) in [6.07, 6.45) is 5.99. The van der Waals surface area contributed by atoms with E-state index >= 15 is 0 Å². The van der Waals surface area contributed by atoms with Crippen molar-refractivity contribution in [2.24, 2.45) is 23.7 Å². The molecule has 0 fully saturated rings. The van der Waals surface area contributed by atoms with Crippen molar-refractivity contribution in [2.45, 2.75) is 107 Å². The summed E-state index contributed by atoms with van der Waals surface area (Å²) in [5.41, 5.74) is 0. The number of carboxylic acid groups (broad SMARTS) is 4. The standard InChI is InChI=1S/4C6H12O2.2Mg/c2*1-3-4-5(2)6(7)8;2*1-3-5(4-2)6(7)8;;/h4*5H,3-4H2,1-2H3,(H,7,8);;/q;;;;2*+2/p-4. The number of hydrogen-bond acceptors (Lipinski definition) is 8. The molecule has 10 heteroatoms. The summed E-state index contributed by atoms with van der Waals surface area (Å²) in [5.74, 6) is -4.76. The number of rotatable bonds is 12. The summed E-state index contributed by atoms with van der Waals surface area (Å²) in [5, 5.41) is 40.1. The molecule has 0 aromatic rings. The molecule has 2 atom stereocenters. The summed E-state index contributed by atoms with van der Waals surface area (Å²) in [6, 6.07) is 0. The monoisotopic (exact) mass is 508 g/mol. The third-order valence-corrected chi connectivity index (χ3v) is 4.89. The Balaban J connectivity index is -0.0000000754. The van der Waals surface area contributed by atoms with E-state index in [9.17, 15) is 39.6 Å². The summed E-state index contributed by atoms with van der Waals surface area (Å²) >= 11 is 0. The smallest absolute Gasteiger partial charge is 0.550 e. The molecule has 0 saturated heterocycles. The Hall–Kier alpha value is -0.588. The first kappa shape index (κ1) is 46.7. The molecule has 0 radical (unpaired) electrons. The molecule has 0 aliphatic carbocycles. The summed E-state index contributed by atoms with van der Waals surface area (Å²) in [6.45, 7) is 14.7. The minimum atomic E-state index is -0.938. The minimum Gasteiger partial charge on any atom is -0.550 e. The first-order valence-corrected chi connectivity index (χ1v) is 11.6. The zero-order valence-electron chi connectivity index (χ0n) is 22.6. The van der Waals surface area contributed by atoms with Crippen LogP contribution in [0.3, 0.4) is 0 Å². The second kappa shape index (κ2) is 32.4. The Morgan fingerprint density at radius 2 is 0.706 bits per heavy atom. The van der Waals surface area contributed by atoms with Gasteiger partial charge < -0.3 is 39.6 Å². The number of carbonyl (C=O) groups is 4. The normalized spacial score (nSPS) is 10.9. The first-order valence-electron chi connectivity index (χ1n) is 11.6. The molecule has 0 rings (SSSR count). The SMILES string of the molecule is CCC(CC)C(=O)[O-].CCC(CC)C(=O)[O-].CCCC(C)C(=O)[O-].CCCC(C)C(=O)[O-].[Mg+2].[Mg+2]. The largest absolute Gasteiger partial charge is 2.00 e. The maximum atomic E-state index is 10.1. The molecule has 0 aromatic carbocycles. The Labute approximate surface area is 239 Å². The van der Waals surface area contributed by atoms with Crippen molar-refractivity contribution in [3.63, 3.8) is 0 Å². The van der Waals surface area contributed by atoms with E-state index in [0.29, 0.717) is 25.7 Å². The molecule has 0 aliphatic rings. The fourth-order valence-corrected chi connectivity index (χ4v) is 2.35. The molecule has 0 N–H and O–H groups in total. The van der Waals surface area contributed by atoms with Crippen LogP contribution in [-0.4, -0.2) is 70.0 Å². The Kier molecular flexibility index (Phi) is 44.5. The number of carboxylic acids is 4. The van der Waals surface area contributed by atoms with Gasteiger partial charge in [0.1, 0.15) is 0 Å². The summed E-state index contributed by atoms with van der Waals surface area (Å²) < 4.78 is 0. The number of aliphatic carboxylic acids is 4. The van der Waals surface area contributed by atoms with Gasteiger partial charge in [-0.3, -0.25) is 0 Å². The molecule has 192 valence electrons. The molecule has 8 nitrogen and oxygen atoms in total. The Bertz CT molecular complexity index is 449. The Morgan fingerprint density at radius 3 is 0.735 bits per heavy atom. The van der Waals surface area contributed by atoms with Crippen molar-refractivity contribution in [1.82, 2.24) is 0 Å². The van der Waals surface area contributed by atoms with Gasteiger partial charge in [0.2, 0.25) is 0 Å². The molecule has 34 heavy (non-hydrogen) atoms. The fourth-order valence-electron chi connectivity index (χ4n) is 2.35. The van der Waals surface area contributed by atoms with E-state index in [1.165, 1.54) is 0 Å². The van der Waals surface area contributed by atoms with E-state index in [0.717, 1.165) is 25.7 Å². The van der Waals surface area contributed by atoms with Gasteiger partial charge in [0, 0.05) is 23.9 Å². The number of carbonyl (C=O) groups excluding carboxylic acids is 4. The maximum absolute atomic E-state index is 10.1. The second-order valence-corrected chi connectivity index (χ2v) is 7.68. The Morgan fingerprint density at radius 1 is 0.500 bits per heavy atom. The molecule has 0 spiro atoms. The minimum absolute atomic E-state index is 0. The van der Waals surface area contributed by atoms with Crippen LogP contribution in [0.1, 0.15) is 107 Å². The van der Waals surface area contributed by atoms with Crippen LogP contribution in [0.15, 0.2) is 0 Å². The summed E-state index contributed by atoms with van der Waals surface area (Å²) in [4.78, 5) is 40.1. The molecule has 0 amide bonds. The van der Waals surface area contributed by atoms with Gasteiger partial charge in [0.05, 0.1) is 0 Å². The topological polar surface area (TPSA) is 161 Å². The van der Waals surface area contributed by atoms with Crippen LogP contribution in [0, 0.1) is 23.7 Å². The molecular weight excluding hydrogens is 465 g/mol. The van der Waals surface area contributed by atoms with E-state index < -0.39 is 23.9 Å². The average Bonchev–Trinajstić information content (AvgIpc) is 2.71. The maximum Gasteiger partial charge on any atom is 2.00 e. The van der Waals surface area contributed by atoms with Gasteiger partial charge >= 0.3 is 46.1 Å².